The molecule has 0 saturated heterocycles. The molecule has 0 spiro atoms. The van der Waals surface area contributed by atoms with Crippen LogP contribution in [0.1, 0.15) is 6.42 Å². The Balaban J connectivity index is 3.12. The molecule has 1 aromatic heterocycles. The standard InChI is InChI=1S/C11H13BrN4O3/c1-19-6-5-15(4-2-3-13)11-9(12)7-14-8-10(11)16(17)18/h7-8H,2,4-6H2,1H3. The molecule has 0 radical (unpaired) electrons. The maximum Gasteiger partial charge on any atom is 0.311 e. The summed E-state index contributed by atoms with van der Waals surface area (Å²) in [5, 5.41) is 19.7. The Morgan fingerprint density at radius 3 is 2.89 bits per heavy atom. The lowest BCUT2D eigenvalue weighted by Crippen LogP contribution is -2.29. The van der Waals surface area contributed by atoms with E-state index >= 15 is 0 Å². The molecule has 1 aromatic rings. The van der Waals surface area contributed by atoms with Crippen LogP contribution in [-0.2, 0) is 4.74 Å². The van der Waals surface area contributed by atoms with Gasteiger partial charge in [-0.15, -0.1) is 0 Å². The molecule has 0 fully saturated rings. The molecular formula is C11H13BrN4O3. The maximum absolute atomic E-state index is 11.0. The molecule has 1 heterocycles. The Labute approximate surface area is 119 Å². The number of halogens is 1. The highest BCUT2D eigenvalue weighted by molar-refractivity contribution is 9.10. The van der Waals surface area contributed by atoms with Gasteiger partial charge in [-0.05, 0) is 15.9 Å². The smallest absolute Gasteiger partial charge is 0.311 e. The van der Waals surface area contributed by atoms with E-state index in [1.54, 1.807) is 12.0 Å². The summed E-state index contributed by atoms with van der Waals surface area (Å²) >= 11 is 3.27. The van der Waals surface area contributed by atoms with Gasteiger partial charge in [-0.1, -0.05) is 0 Å². The zero-order chi connectivity index (χ0) is 14.3. The van der Waals surface area contributed by atoms with Crippen molar-refractivity contribution in [2.45, 2.75) is 6.42 Å². The van der Waals surface area contributed by atoms with E-state index in [-0.39, 0.29) is 12.1 Å². The van der Waals surface area contributed by atoms with Crippen LogP contribution in [0.15, 0.2) is 16.9 Å². The Morgan fingerprint density at radius 1 is 1.58 bits per heavy atom. The van der Waals surface area contributed by atoms with Gasteiger partial charge in [0.25, 0.3) is 0 Å². The van der Waals surface area contributed by atoms with Crippen molar-refractivity contribution < 1.29 is 9.66 Å². The molecule has 0 aliphatic heterocycles. The normalized spacial score (nSPS) is 9.95. The van der Waals surface area contributed by atoms with Crippen LogP contribution in [0.3, 0.4) is 0 Å². The SMILES string of the molecule is COCCN(CCC#N)c1c(Br)cncc1[N+](=O)[O-]. The molecule has 7 nitrogen and oxygen atoms in total. The highest BCUT2D eigenvalue weighted by Crippen LogP contribution is 2.34. The number of pyridine rings is 1. The Kier molecular flexibility index (Phi) is 6.18. The molecule has 102 valence electrons. The van der Waals surface area contributed by atoms with Gasteiger partial charge in [0.15, 0.2) is 0 Å². The third-order valence-electron chi connectivity index (χ3n) is 2.43. The molecule has 1 rings (SSSR count). The number of ether oxygens (including phenoxy) is 1. The molecule has 8 heteroatoms. The Hall–Kier alpha value is -1.72. The molecule has 0 amide bonds. The van der Waals surface area contributed by atoms with Crippen LogP contribution in [0.4, 0.5) is 11.4 Å². The van der Waals surface area contributed by atoms with Crippen LogP contribution in [-0.4, -0.2) is 36.7 Å². The minimum atomic E-state index is -0.487. The number of nitriles is 1. The number of nitrogens with zero attached hydrogens (tertiary/aromatic N) is 4. The summed E-state index contributed by atoms with van der Waals surface area (Å²) in [6, 6.07) is 2.03. The van der Waals surface area contributed by atoms with Gasteiger partial charge in [-0.3, -0.25) is 15.1 Å². The number of nitro groups is 1. The van der Waals surface area contributed by atoms with Crippen molar-refractivity contribution in [3.63, 3.8) is 0 Å². The van der Waals surface area contributed by atoms with E-state index < -0.39 is 4.92 Å². The summed E-state index contributed by atoms with van der Waals surface area (Å²) in [6.07, 6.45) is 2.97. The van der Waals surface area contributed by atoms with Gasteiger partial charge in [0.05, 0.1) is 28.5 Å². The number of anilines is 1. The summed E-state index contributed by atoms with van der Waals surface area (Å²) in [6.45, 7) is 1.27. The van der Waals surface area contributed by atoms with Crippen LogP contribution >= 0.6 is 15.9 Å². The third-order valence-corrected chi connectivity index (χ3v) is 3.01. The number of methoxy groups -OCH3 is 1. The predicted octanol–water partition coefficient (Wildman–Crippen LogP) is 2.12. The third kappa shape index (κ3) is 4.15. The highest BCUT2D eigenvalue weighted by Gasteiger charge is 2.22. The minimum Gasteiger partial charge on any atom is -0.383 e. The fraction of sp³-hybridized carbons (Fsp3) is 0.455. The average Bonchev–Trinajstić information content (AvgIpc) is 2.39. The lowest BCUT2D eigenvalue weighted by molar-refractivity contribution is -0.384. The van der Waals surface area contributed by atoms with Crippen molar-refractivity contribution >= 4 is 27.3 Å². The summed E-state index contributed by atoms with van der Waals surface area (Å²) in [5.41, 5.74) is 0.329. The van der Waals surface area contributed by atoms with E-state index in [1.807, 2.05) is 6.07 Å². The zero-order valence-corrected chi connectivity index (χ0v) is 12.0. The monoisotopic (exact) mass is 328 g/mol. The highest BCUT2D eigenvalue weighted by atomic mass is 79.9. The average molecular weight is 329 g/mol. The van der Waals surface area contributed by atoms with Gasteiger partial charge in [-0.2, -0.15) is 5.26 Å². The molecular weight excluding hydrogens is 316 g/mol. The van der Waals surface area contributed by atoms with Crippen molar-refractivity contribution in [2.75, 3.05) is 31.7 Å². The van der Waals surface area contributed by atoms with E-state index in [0.717, 1.165) is 0 Å². The molecule has 0 saturated carbocycles. The quantitative estimate of drug-likeness (QED) is 0.562. The van der Waals surface area contributed by atoms with Gasteiger partial charge in [-0.25, -0.2) is 0 Å². The predicted molar refractivity (Wildman–Crippen MR) is 72.9 cm³/mol. The molecule has 0 N–H and O–H groups in total. The summed E-state index contributed by atoms with van der Waals surface area (Å²) in [4.78, 5) is 16.1. The topological polar surface area (TPSA) is 92.3 Å². The van der Waals surface area contributed by atoms with Crippen LogP contribution in [0.5, 0.6) is 0 Å². The summed E-state index contributed by atoms with van der Waals surface area (Å²) < 4.78 is 5.51. The molecule has 19 heavy (non-hydrogen) atoms. The number of hydrogen-bond donors (Lipinski definition) is 0. The minimum absolute atomic E-state index is 0.0941. The fourth-order valence-electron chi connectivity index (χ4n) is 1.59. The van der Waals surface area contributed by atoms with Gasteiger partial charge in [0.2, 0.25) is 0 Å². The van der Waals surface area contributed by atoms with Crippen LogP contribution in [0, 0.1) is 21.4 Å². The molecule has 0 aliphatic rings. The Morgan fingerprint density at radius 2 is 2.32 bits per heavy atom. The first kappa shape index (κ1) is 15.3. The van der Waals surface area contributed by atoms with Crippen molar-refractivity contribution in [1.82, 2.24) is 4.98 Å². The van der Waals surface area contributed by atoms with Crippen LogP contribution < -0.4 is 4.90 Å². The summed E-state index contributed by atoms with van der Waals surface area (Å²) in [7, 11) is 1.55. The molecule has 0 atom stereocenters. The molecule has 0 aliphatic carbocycles. The van der Waals surface area contributed by atoms with Gasteiger partial charge in [0.1, 0.15) is 11.9 Å². The van der Waals surface area contributed by atoms with Crippen LogP contribution in [0.2, 0.25) is 0 Å². The number of rotatable bonds is 7. The second-order valence-corrected chi connectivity index (χ2v) is 4.49. The fourth-order valence-corrected chi connectivity index (χ4v) is 2.16. The van der Waals surface area contributed by atoms with E-state index in [0.29, 0.717) is 29.9 Å². The molecule has 0 aromatic carbocycles. The maximum atomic E-state index is 11.0. The van der Waals surface area contributed by atoms with Crippen molar-refractivity contribution in [3.8, 4) is 6.07 Å². The van der Waals surface area contributed by atoms with Gasteiger partial charge < -0.3 is 9.64 Å². The second kappa shape index (κ2) is 7.66. The molecule has 0 unspecified atom stereocenters. The van der Waals surface area contributed by atoms with E-state index in [4.69, 9.17) is 10.00 Å². The number of aromatic nitrogens is 1. The van der Waals surface area contributed by atoms with E-state index in [9.17, 15) is 10.1 Å². The first-order valence-electron chi connectivity index (χ1n) is 5.50. The lowest BCUT2D eigenvalue weighted by atomic mass is 10.3. The van der Waals surface area contributed by atoms with Gasteiger partial charge in [0, 0.05) is 26.4 Å². The van der Waals surface area contributed by atoms with Gasteiger partial charge >= 0.3 is 5.69 Å². The van der Waals surface area contributed by atoms with Crippen molar-refractivity contribution in [2.24, 2.45) is 0 Å². The first-order chi connectivity index (χ1) is 9.11. The number of hydrogen-bond acceptors (Lipinski definition) is 6. The Bertz CT molecular complexity index is 489. The van der Waals surface area contributed by atoms with E-state index in [1.165, 1.54) is 12.4 Å². The lowest BCUT2D eigenvalue weighted by Gasteiger charge is -2.23. The molecule has 0 bridgehead atoms. The van der Waals surface area contributed by atoms with Crippen molar-refractivity contribution in [1.29, 1.82) is 5.26 Å². The zero-order valence-electron chi connectivity index (χ0n) is 10.4. The first-order valence-corrected chi connectivity index (χ1v) is 6.29. The summed E-state index contributed by atoms with van der Waals surface area (Å²) in [5.74, 6) is 0. The van der Waals surface area contributed by atoms with Crippen molar-refractivity contribution in [3.05, 3.63) is 27.0 Å². The largest absolute Gasteiger partial charge is 0.383 e. The second-order valence-electron chi connectivity index (χ2n) is 3.63. The van der Waals surface area contributed by atoms with E-state index in [2.05, 4.69) is 20.9 Å². The van der Waals surface area contributed by atoms with Crippen LogP contribution in [0.25, 0.3) is 0 Å².